The lowest BCUT2D eigenvalue weighted by atomic mass is 10.1. The molecule has 3 N–H and O–H groups in total. The predicted molar refractivity (Wildman–Crippen MR) is 130 cm³/mol. The van der Waals surface area contributed by atoms with Crippen LogP contribution in [0.25, 0.3) is 0 Å². The molecule has 0 radical (unpaired) electrons. The number of hydrogen-bond acceptors (Lipinski definition) is 3. The first-order chi connectivity index (χ1) is 15.4. The molecule has 0 aliphatic carbocycles. The number of amides is 3. The van der Waals surface area contributed by atoms with Gasteiger partial charge in [-0.2, -0.15) is 0 Å². The van der Waals surface area contributed by atoms with Crippen molar-refractivity contribution in [3.8, 4) is 0 Å². The minimum absolute atomic E-state index is 0.0553. The van der Waals surface area contributed by atoms with E-state index in [1.165, 1.54) is 0 Å². The maximum absolute atomic E-state index is 13.0. The monoisotopic (exact) mass is 493 g/mol. The topological polar surface area (TPSA) is 87.3 Å². The summed E-state index contributed by atoms with van der Waals surface area (Å²) in [5.74, 6) is -0.667. The Morgan fingerprint density at radius 1 is 0.812 bits per heavy atom. The van der Waals surface area contributed by atoms with Gasteiger partial charge in [0.1, 0.15) is 0 Å². The first-order valence-electron chi connectivity index (χ1n) is 10.2. The van der Waals surface area contributed by atoms with Crippen LogP contribution in [0.2, 0.25) is 0 Å². The third-order valence-electron chi connectivity index (χ3n) is 4.90. The molecular formula is C25H24BrN3O3. The molecular weight excluding hydrogens is 470 g/mol. The molecule has 0 aromatic heterocycles. The van der Waals surface area contributed by atoms with Crippen molar-refractivity contribution in [3.63, 3.8) is 0 Å². The number of carbonyl (C=O) groups excluding carboxylic acids is 3. The predicted octanol–water partition coefficient (Wildman–Crippen LogP) is 5.54. The third-order valence-corrected chi connectivity index (χ3v) is 5.59. The number of benzene rings is 3. The van der Waals surface area contributed by atoms with E-state index in [-0.39, 0.29) is 23.8 Å². The van der Waals surface area contributed by atoms with Crippen molar-refractivity contribution in [2.45, 2.75) is 26.3 Å². The van der Waals surface area contributed by atoms with E-state index < -0.39 is 0 Å². The summed E-state index contributed by atoms with van der Waals surface area (Å²) in [6, 6.07) is 21.0. The second kappa shape index (κ2) is 10.7. The van der Waals surface area contributed by atoms with Crippen LogP contribution in [0.3, 0.4) is 0 Å². The fraction of sp³-hybridized carbons (Fsp3) is 0.160. The Morgan fingerprint density at radius 3 is 2.09 bits per heavy atom. The van der Waals surface area contributed by atoms with Crippen LogP contribution in [-0.4, -0.2) is 17.7 Å². The highest BCUT2D eigenvalue weighted by molar-refractivity contribution is 9.10. The summed E-state index contributed by atoms with van der Waals surface area (Å²) in [7, 11) is 0. The molecule has 0 aliphatic rings. The van der Waals surface area contributed by atoms with Crippen LogP contribution in [0.4, 0.5) is 11.4 Å². The van der Waals surface area contributed by atoms with Crippen molar-refractivity contribution in [1.82, 2.24) is 5.32 Å². The summed E-state index contributed by atoms with van der Waals surface area (Å²) in [4.78, 5) is 37.2. The lowest BCUT2D eigenvalue weighted by molar-refractivity contribution is -0.115. The van der Waals surface area contributed by atoms with Gasteiger partial charge in [-0.15, -0.1) is 0 Å². The Bertz CT molecular complexity index is 1130. The molecule has 3 rings (SSSR count). The zero-order valence-electron chi connectivity index (χ0n) is 17.8. The Morgan fingerprint density at radius 2 is 1.44 bits per heavy atom. The van der Waals surface area contributed by atoms with Crippen LogP contribution in [0.5, 0.6) is 0 Å². The molecule has 0 spiro atoms. The first-order valence-corrected chi connectivity index (χ1v) is 11.0. The molecule has 1 unspecified atom stereocenters. The number of halogens is 1. The molecule has 0 saturated heterocycles. The molecule has 32 heavy (non-hydrogen) atoms. The molecule has 164 valence electrons. The molecule has 7 heteroatoms. The zero-order chi connectivity index (χ0) is 23.1. The smallest absolute Gasteiger partial charge is 0.256 e. The van der Waals surface area contributed by atoms with Gasteiger partial charge >= 0.3 is 0 Å². The maximum atomic E-state index is 13.0. The summed E-state index contributed by atoms with van der Waals surface area (Å²) in [5.41, 5.74) is 2.87. The number of para-hydroxylation sites is 1. The second-order valence-electron chi connectivity index (χ2n) is 7.20. The van der Waals surface area contributed by atoms with Crippen molar-refractivity contribution < 1.29 is 14.4 Å². The number of anilines is 2. The van der Waals surface area contributed by atoms with Crippen LogP contribution in [-0.2, 0) is 4.79 Å². The van der Waals surface area contributed by atoms with Gasteiger partial charge in [-0.05, 0) is 64.8 Å². The summed E-state index contributed by atoms with van der Waals surface area (Å²) < 4.78 is 0.673. The Kier molecular flexibility index (Phi) is 7.78. The quantitative estimate of drug-likeness (QED) is 0.403. The maximum Gasteiger partial charge on any atom is 0.256 e. The van der Waals surface area contributed by atoms with Gasteiger partial charge in [0.2, 0.25) is 5.91 Å². The number of hydrogen-bond donors (Lipinski definition) is 3. The molecule has 3 aromatic carbocycles. The Hall–Kier alpha value is -3.45. The fourth-order valence-corrected chi connectivity index (χ4v) is 3.55. The largest absolute Gasteiger partial charge is 0.345 e. The molecule has 0 saturated carbocycles. The van der Waals surface area contributed by atoms with E-state index in [2.05, 4.69) is 31.9 Å². The van der Waals surface area contributed by atoms with Crippen molar-refractivity contribution in [2.24, 2.45) is 0 Å². The van der Waals surface area contributed by atoms with E-state index in [4.69, 9.17) is 0 Å². The molecule has 3 aromatic rings. The highest BCUT2D eigenvalue weighted by atomic mass is 79.9. The van der Waals surface area contributed by atoms with E-state index in [1.54, 1.807) is 61.5 Å². The van der Waals surface area contributed by atoms with E-state index in [1.807, 2.05) is 25.1 Å². The van der Waals surface area contributed by atoms with Gasteiger partial charge in [0.05, 0.1) is 22.9 Å². The standard InChI is InChI=1S/C25H24BrN3O3/c1-3-23(30)28-18-14-12-17(13-15-18)16(2)27-25(32)20-9-5-7-11-22(20)29-24(31)19-8-4-6-10-21(19)26/h4-16H,3H2,1-2H3,(H,27,32)(H,28,30)(H,29,31). The molecule has 3 amide bonds. The minimum Gasteiger partial charge on any atom is -0.345 e. The van der Waals surface area contributed by atoms with E-state index in [0.29, 0.717) is 33.4 Å². The van der Waals surface area contributed by atoms with Crippen LogP contribution in [0.15, 0.2) is 77.3 Å². The highest BCUT2D eigenvalue weighted by Gasteiger charge is 2.17. The van der Waals surface area contributed by atoms with Crippen LogP contribution < -0.4 is 16.0 Å². The number of carbonyl (C=O) groups is 3. The summed E-state index contributed by atoms with van der Waals surface area (Å²) >= 11 is 3.38. The van der Waals surface area contributed by atoms with Gasteiger partial charge < -0.3 is 16.0 Å². The molecule has 0 bridgehead atoms. The van der Waals surface area contributed by atoms with Crippen LogP contribution in [0.1, 0.15) is 52.6 Å². The molecule has 1 atom stereocenters. The average molecular weight is 494 g/mol. The fourth-order valence-electron chi connectivity index (χ4n) is 3.09. The molecule has 0 fully saturated rings. The lowest BCUT2D eigenvalue weighted by Crippen LogP contribution is -2.28. The number of rotatable bonds is 7. The van der Waals surface area contributed by atoms with E-state index >= 15 is 0 Å². The van der Waals surface area contributed by atoms with Gasteiger partial charge in [-0.25, -0.2) is 0 Å². The van der Waals surface area contributed by atoms with Gasteiger partial charge in [0.25, 0.3) is 11.8 Å². The Balaban J connectivity index is 1.71. The van der Waals surface area contributed by atoms with Crippen molar-refractivity contribution in [1.29, 1.82) is 0 Å². The van der Waals surface area contributed by atoms with Gasteiger partial charge in [-0.1, -0.05) is 43.3 Å². The lowest BCUT2D eigenvalue weighted by Gasteiger charge is -2.17. The third kappa shape index (κ3) is 5.82. The number of nitrogens with one attached hydrogen (secondary N) is 3. The van der Waals surface area contributed by atoms with Gasteiger partial charge in [-0.3, -0.25) is 14.4 Å². The summed E-state index contributed by atoms with van der Waals surface area (Å²) in [5, 5.41) is 8.58. The summed E-state index contributed by atoms with van der Waals surface area (Å²) in [6.45, 7) is 3.67. The van der Waals surface area contributed by atoms with Crippen molar-refractivity contribution in [3.05, 3.63) is 94.0 Å². The zero-order valence-corrected chi connectivity index (χ0v) is 19.4. The average Bonchev–Trinajstić information content (AvgIpc) is 2.80. The molecule has 0 aliphatic heterocycles. The SMILES string of the molecule is CCC(=O)Nc1ccc(C(C)NC(=O)c2ccccc2NC(=O)c2ccccc2Br)cc1. The van der Waals surface area contributed by atoms with Gasteiger partial charge in [0.15, 0.2) is 0 Å². The van der Waals surface area contributed by atoms with E-state index in [0.717, 1.165) is 5.56 Å². The Labute approximate surface area is 195 Å². The highest BCUT2D eigenvalue weighted by Crippen LogP contribution is 2.22. The summed E-state index contributed by atoms with van der Waals surface area (Å²) in [6.07, 6.45) is 0.408. The van der Waals surface area contributed by atoms with Crippen molar-refractivity contribution in [2.75, 3.05) is 10.6 Å². The van der Waals surface area contributed by atoms with Crippen molar-refractivity contribution >= 4 is 45.0 Å². The first kappa shape index (κ1) is 23.2. The van der Waals surface area contributed by atoms with Crippen LogP contribution >= 0.6 is 15.9 Å². The molecule has 6 nitrogen and oxygen atoms in total. The second-order valence-corrected chi connectivity index (χ2v) is 8.05. The minimum atomic E-state index is -0.310. The van der Waals surface area contributed by atoms with Crippen LogP contribution in [0, 0.1) is 0 Å². The van der Waals surface area contributed by atoms with Gasteiger partial charge in [0, 0.05) is 16.6 Å². The van der Waals surface area contributed by atoms with E-state index in [9.17, 15) is 14.4 Å². The normalized spacial score (nSPS) is 11.3. The molecule has 0 heterocycles.